The molecule has 2 aromatic rings. The summed E-state index contributed by atoms with van der Waals surface area (Å²) in [5.74, 6) is 1.98. The second kappa shape index (κ2) is 7.81. The fraction of sp³-hybridized carbons (Fsp3) is 0.438. The van der Waals surface area contributed by atoms with Gasteiger partial charge in [-0.15, -0.1) is 0 Å². The maximum atomic E-state index is 5.73. The van der Waals surface area contributed by atoms with Crippen LogP contribution in [0.2, 0.25) is 0 Å². The van der Waals surface area contributed by atoms with Crippen molar-refractivity contribution in [1.29, 1.82) is 0 Å². The predicted octanol–water partition coefficient (Wildman–Crippen LogP) is 1.78. The van der Waals surface area contributed by atoms with Gasteiger partial charge in [-0.05, 0) is 31.2 Å². The molecule has 5 heteroatoms. The third-order valence-electron chi connectivity index (χ3n) is 3.44. The minimum absolute atomic E-state index is 0.568. The number of aryl methyl sites for hydroxylation is 1. The average molecular weight is 288 g/mol. The second-order valence-corrected chi connectivity index (χ2v) is 5.24. The summed E-state index contributed by atoms with van der Waals surface area (Å²) in [5.41, 5.74) is 6.69. The summed E-state index contributed by atoms with van der Waals surface area (Å²) in [6, 6.07) is 7.95. The molecule has 0 aliphatic rings. The summed E-state index contributed by atoms with van der Waals surface area (Å²) < 4.78 is 7.77. The van der Waals surface area contributed by atoms with E-state index in [9.17, 15) is 0 Å². The third kappa shape index (κ3) is 4.88. The van der Waals surface area contributed by atoms with Crippen molar-refractivity contribution < 1.29 is 4.74 Å². The van der Waals surface area contributed by atoms with Gasteiger partial charge in [0.05, 0.1) is 13.2 Å². The van der Waals surface area contributed by atoms with Gasteiger partial charge < -0.3 is 15.0 Å². The number of imidazole rings is 1. The van der Waals surface area contributed by atoms with Crippen molar-refractivity contribution in [3.8, 4) is 5.75 Å². The SMILES string of the molecule is CN(CCCOc1ccc(CN)cc1)Cc1nccn1C. The van der Waals surface area contributed by atoms with Gasteiger partial charge in [-0.2, -0.15) is 0 Å². The van der Waals surface area contributed by atoms with Gasteiger partial charge in [-0.25, -0.2) is 4.98 Å². The van der Waals surface area contributed by atoms with E-state index in [1.165, 1.54) is 0 Å². The lowest BCUT2D eigenvalue weighted by Crippen LogP contribution is -2.22. The van der Waals surface area contributed by atoms with Crippen LogP contribution in [0.4, 0.5) is 0 Å². The Kier molecular flexibility index (Phi) is 5.78. The quantitative estimate of drug-likeness (QED) is 0.752. The van der Waals surface area contributed by atoms with Crippen LogP contribution in [-0.4, -0.2) is 34.7 Å². The minimum Gasteiger partial charge on any atom is -0.494 e. The molecule has 5 nitrogen and oxygen atoms in total. The Bertz CT molecular complexity index is 535. The first-order valence-electron chi connectivity index (χ1n) is 7.25. The molecule has 0 radical (unpaired) electrons. The zero-order chi connectivity index (χ0) is 15.1. The van der Waals surface area contributed by atoms with Gasteiger partial charge >= 0.3 is 0 Å². The smallest absolute Gasteiger partial charge is 0.122 e. The van der Waals surface area contributed by atoms with Crippen LogP contribution in [0.15, 0.2) is 36.7 Å². The van der Waals surface area contributed by atoms with Crippen LogP contribution in [0.5, 0.6) is 5.75 Å². The van der Waals surface area contributed by atoms with Crippen LogP contribution in [0, 0.1) is 0 Å². The lowest BCUT2D eigenvalue weighted by atomic mass is 10.2. The third-order valence-corrected chi connectivity index (χ3v) is 3.44. The van der Waals surface area contributed by atoms with Gasteiger partial charge in [-0.3, -0.25) is 4.90 Å². The molecule has 0 bridgehead atoms. The summed E-state index contributed by atoms with van der Waals surface area (Å²) in [4.78, 5) is 6.58. The van der Waals surface area contributed by atoms with E-state index in [4.69, 9.17) is 10.5 Å². The Morgan fingerprint density at radius 2 is 2.05 bits per heavy atom. The van der Waals surface area contributed by atoms with Crippen LogP contribution in [0.25, 0.3) is 0 Å². The zero-order valence-corrected chi connectivity index (χ0v) is 12.8. The number of benzene rings is 1. The van der Waals surface area contributed by atoms with E-state index in [-0.39, 0.29) is 0 Å². The van der Waals surface area contributed by atoms with E-state index in [0.717, 1.165) is 36.6 Å². The van der Waals surface area contributed by atoms with Crippen LogP contribution in [-0.2, 0) is 20.1 Å². The molecule has 1 heterocycles. The highest BCUT2D eigenvalue weighted by molar-refractivity contribution is 5.26. The molecule has 2 rings (SSSR count). The fourth-order valence-corrected chi connectivity index (χ4v) is 2.12. The Labute approximate surface area is 126 Å². The zero-order valence-electron chi connectivity index (χ0n) is 12.8. The normalized spacial score (nSPS) is 11.0. The molecular weight excluding hydrogens is 264 g/mol. The summed E-state index contributed by atoms with van der Waals surface area (Å²) in [6.07, 6.45) is 4.79. The van der Waals surface area contributed by atoms with Crippen LogP contribution < -0.4 is 10.5 Å². The lowest BCUT2D eigenvalue weighted by Gasteiger charge is -2.16. The Morgan fingerprint density at radius 1 is 1.29 bits per heavy atom. The van der Waals surface area contributed by atoms with E-state index in [1.54, 1.807) is 0 Å². The van der Waals surface area contributed by atoms with Gasteiger partial charge in [-0.1, -0.05) is 12.1 Å². The highest BCUT2D eigenvalue weighted by atomic mass is 16.5. The number of ether oxygens (including phenoxy) is 1. The first-order chi connectivity index (χ1) is 10.2. The molecule has 0 saturated heterocycles. The molecule has 21 heavy (non-hydrogen) atoms. The maximum Gasteiger partial charge on any atom is 0.122 e. The molecule has 0 saturated carbocycles. The molecule has 0 aliphatic heterocycles. The van der Waals surface area contributed by atoms with Crippen LogP contribution in [0.3, 0.4) is 0 Å². The molecule has 1 aromatic heterocycles. The van der Waals surface area contributed by atoms with Crippen LogP contribution >= 0.6 is 0 Å². The summed E-state index contributed by atoms with van der Waals surface area (Å²) in [7, 11) is 4.12. The molecule has 1 aromatic carbocycles. The van der Waals surface area contributed by atoms with Crippen molar-refractivity contribution in [2.24, 2.45) is 12.8 Å². The molecule has 2 N–H and O–H groups in total. The van der Waals surface area contributed by atoms with Crippen molar-refractivity contribution >= 4 is 0 Å². The standard InChI is InChI=1S/C16H24N4O/c1-19(13-16-18-8-10-20(16)2)9-3-11-21-15-6-4-14(12-17)5-7-15/h4-8,10H,3,9,11-13,17H2,1-2H3. The summed E-state index contributed by atoms with van der Waals surface area (Å²) in [6.45, 7) is 3.12. The maximum absolute atomic E-state index is 5.73. The predicted molar refractivity (Wildman–Crippen MR) is 84.0 cm³/mol. The lowest BCUT2D eigenvalue weighted by molar-refractivity contribution is 0.254. The first kappa shape index (κ1) is 15.5. The van der Waals surface area contributed by atoms with Crippen molar-refractivity contribution in [1.82, 2.24) is 14.5 Å². The molecular formula is C16H24N4O. The number of hydrogen-bond donors (Lipinski definition) is 1. The topological polar surface area (TPSA) is 56.3 Å². The van der Waals surface area contributed by atoms with Crippen molar-refractivity contribution in [3.63, 3.8) is 0 Å². The van der Waals surface area contributed by atoms with Gasteiger partial charge in [0.25, 0.3) is 0 Å². The summed E-state index contributed by atoms with van der Waals surface area (Å²) >= 11 is 0. The van der Waals surface area contributed by atoms with Crippen molar-refractivity contribution in [2.45, 2.75) is 19.5 Å². The molecule has 0 spiro atoms. The molecule has 0 atom stereocenters. The van der Waals surface area contributed by atoms with Crippen molar-refractivity contribution in [3.05, 3.63) is 48.0 Å². The average Bonchev–Trinajstić information content (AvgIpc) is 2.89. The van der Waals surface area contributed by atoms with Crippen LogP contribution in [0.1, 0.15) is 17.8 Å². The minimum atomic E-state index is 0.568. The van der Waals surface area contributed by atoms with Gasteiger partial charge in [0.2, 0.25) is 0 Å². The number of nitrogens with zero attached hydrogens (tertiary/aromatic N) is 3. The van der Waals surface area contributed by atoms with Crippen molar-refractivity contribution in [2.75, 3.05) is 20.2 Å². The highest BCUT2D eigenvalue weighted by Crippen LogP contribution is 2.12. The fourth-order valence-electron chi connectivity index (χ4n) is 2.12. The van der Waals surface area contributed by atoms with Gasteiger partial charge in [0.1, 0.15) is 11.6 Å². The number of rotatable bonds is 8. The highest BCUT2D eigenvalue weighted by Gasteiger charge is 2.04. The molecule has 0 fully saturated rings. The van der Waals surface area contributed by atoms with E-state index >= 15 is 0 Å². The van der Waals surface area contributed by atoms with E-state index in [0.29, 0.717) is 13.2 Å². The molecule has 0 aliphatic carbocycles. The number of nitrogens with two attached hydrogens (primary N) is 1. The summed E-state index contributed by atoms with van der Waals surface area (Å²) in [5, 5.41) is 0. The number of hydrogen-bond acceptors (Lipinski definition) is 4. The van der Waals surface area contributed by atoms with E-state index in [1.807, 2.05) is 48.3 Å². The van der Waals surface area contributed by atoms with E-state index < -0.39 is 0 Å². The Balaban J connectivity index is 1.65. The Hall–Kier alpha value is -1.85. The number of aromatic nitrogens is 2. The monoisotopic (exact) mass is 288 g/mol. The van der Waals surface area contributed by atoms with E-state index in [2.05, 4.69) is 16.9 Å². The first-order valence-corrected chi connectivity index (χ1v) is 7.25. The molecule has 0 unspecified atom stereocenters. The Morgan fingerprint density at radius 3 is 2.67 bits per heavy atom. The molecule has 114 valence electrons. The second-order valence-electron chi connectivity index (χ2n) is 5.24. The van der Waals surface area contributed by atoms with Gasteiger partial charge in [0, 0.05) is 32.5 Å². The largest absolute Gasteiger partial charge is 0.494 e. The molecule has 0 amide bonds. The van der Waals surface area contributed by atoms with Gasteiger partial charge in [0.15, 0.2) is 0 Å².